The van der Waals surface area contributed by atoms with E-state index in [1.807, 2.05) is 49.5 Å². The molecule has 0 aliphatic rings. The zero-order chi connectivity index (χ0) is 15.2. The SMILES string of the molecule is Cc1nc(C=CC(=O)NCc2cccc(N(C)C)c2)cs1. The Balaban J connectivity index is 1.89. The zero-order valence-electron chi connectivity index (χ0n) is 12.5. The Morgan fingerprint density at radius 2 is 2.24 bits per heavy atom. The smallest absolute Gasteiger partial charge is 0.244 e. The van der Waals surface area contributed by atoms with Gasteiger partial charge in [0.1, 0.15) is 0 Å². The van der Waals surface area contributed by atoms with E-state index in [0.717, 1.165) is 22.0 Å². The van der Waals surface area contributed by atoms with Crippen LogP contribution in [0.3, 0.4) is 0 Å². The van der Waals surface area contributed by atoms with Crippen LogP contribution in [0, 0.1) is 6.92 Å². The van der Waals surface area contributed by atoms with Crippen LogP contribution in [0.15, 0.2) is 35.7 Å². The van der Waals surface area contributed by atoms with Gasteiger partial charge in [0.2, 0.25) is 5.91 Å². The van der Waals surface area contributed by atoms with Gasteiger partial charge >= 0.3 is 0 Å². The minimum absolute atomic E-state index is 0.115. The number of rotatable bonds is 5. The van der Waals surface area contributed by atoms with Gasteiger partial charge in [-0.05, 0) is 30.7 Å². The van der Waals surface area contributed by atoms with Crippen molar-refractivity contribution < 1.29 is 4.79 Å². The van der Waals surface area contributed by atoms with Crippen molar-refractivity contribution in [2.24, 2.45) is 0 Å². The molecule has 0 saturated heterocycles. The summed E-state index contributed by atoms with van der Waals surface area (Å²) in [6.45, 7) is 2.46. The van der Waals surface area contributed by atoms with Crippen LogP contribution >= 0.6 is 11.3 Å². The molecule has 1 aromatic heterocycles. The number of benzene rings is 1. The van der Waals surface area contributed by atoms with E-state index >= 15 is 0 Å². The third kappa shape index (κ3) is 4.72. The summed E-state index contributed by atoms with van der Waals surface area (Å²) in [4.78, 5) is 18.1. The summed E-state index contributed by atoms with van der Waals surface area (Å²) in [7, 11) is 3.99. The Bertz CT molecular complexity index is 646. The first-order chi connectivity index (χ1) is 10.0. The van der Waals surface area contributed by atoms with Crippen molar-refractivity contribution in [3.05, 3.63) is 52.0 Å². The predicted octanol–water partition coefficient (Wildman–Crippen LogP) is 2.85. The summed E-state index contributed by atoms with van der Waals surface area (Å²) in [5.41, 5.74) is 3.02. The van der Waals surface area contributed by atoms with Crippen molar-refractivity contribution in [1.82, 2.24) is 10.3 Å². The van der Waals surface area contributed by atoms with E-state index in [2.05, 4.69) is 16.4 Å². The van der Waals surface area contributed by atoms with Crippen LogP contribution in [-0.4, -0.2) is 25.0 Å². The Kier molecular flexibility index (Phi) is 5.11. The van der Waals surface area contributed by atoms with Crippen molar-refractivity contribution in [2.75, 3.05) is 19.0 Å². The minimum Gasteiger partial charge on any atom is -0.378 e. The lowest BCUT2D eigenvalue weighted by Gasteiger charge is -2.13. The monoisotopic (exact) mass is 301 g/mol. The highest BCUT2D eigenvalue weighted by molar-refractivity contribution is 7.09. The second-order valence-corrected chi connectivity index (χ2v) is 5.97. The van der Waals surface area contributed by atoms with E-state index in [1.165, 1.54) is 6.08 Å². The molecule has 2 rings (SSSR count). The summed E-state index contributed by atoms with van der Waals surface area (Å²) < 4.78 is 0. The van der Waals surface area contributed by atoms with Crippen LogP contribution in [0.4, 0.5) is 5.69 Å². The number of carbonyl (C=O) groups excluding carboxylic acids is 1. The lowest BCUT2D eigenvalue weighted by atomic mass is 10.2. The molecule has 0 aliphatic heterocycles. The third-order valence-electron chi connectivity index (χ3n) is 2.94. The molecular formula is C16H19N3OS. The van der Waals surface area contributed by atoms with E-state index in [9.17, 15) is 4.79 Å². The van der Waals surface area contributed by atoms with Crippen LogP contribution in [-0.2, 0) is 11.3 Å². The number of aryl methyl sites for hydroxylation is 1. The van der Waals surface area contributed by atoms with Crippen LogP contribution < -0.4 is 10.2 Å². The molecule has 4 nitrogen and oxygen atoms in total. The number of amides is 1. The first-order valence-corrected chi connectivity index (χ1v) is 7.57. The summed E-state index contributed by atoms with van der Waals surface area (Å²) in [5.74, 6) is -0.115. The molecule has 0 spiro atoms. The fourth-order valence-electron chi connectivity index (χ4n) is 1.81. The molecule has 1 N–H and O–H groups in total. The topological polar surface area (TPSA) is 45.2 Å². The number of nitrogens with zero attached hydrogens (tertiary/aromatic N) is 2. The van der Waals surface area contributed by atoms with Crippen molar-refractivity contribution in [3.63, 3.8) is 0 Å². The Morgan fingerprint density at radius 1 is 1.43 bits per heavy atom. The fraction of sp³-hybridized carbons (Fsp3) is 0.250. The summed E-state index contributed by atoms with van der Waals surface area (Å²) >= 11 is 1.57. The Hall–Kier alpha value is -2.14. The first-order valence-electron chi connectivity index (χ1n) is 6.69. The summed E-state index contributed by atoms with van der Waals surface area (Å²) in [6, 6.07) is 8.09. The second-order valence-electron chi connectivity index (χ2n) is 4.91. The number of hydrogen-bond donors (Lipinski definition) is 1. The second kappa shape index (κ2) is 7.04. The number of carbonyl (C=O) groups is 1. The molecule has 21 heavy (non-hydrogen) atoms. The number of nitrogens with one attached hydrogen (secondary N) is 1. The number of aromatic nitrogens is 1. The lowest BCUT2D eigenvalue weighted by molar-refractivity contribution is -0.116. The average Bonchev–Trinajstić information content (AvgIpc) is 2.89. The van der Waals surface area contributed by atoms with E-state index in [1.54, 1.807) is 17.4 Å². The molecule has 0 aliphatic carbocycles. The average molecular weight is 301 g/mol. The molecule has 0 unspecified atom stereocenters. The third-order valence-corrected chi connectivity index (χ3v) is 3.73. The first kappa shape index (κ1) is 15.3. The highest BCUT2D eigenvalue weighted by Gasteiger charge is 2.00. The van der Waals surface area contributed by atoms with Crippen LogP contribution in [0.5, 0.6) is 0 Å². The lowest BCUT2D eigenvalue weighted by Crippen LogP contribution is -2.20. The Morgan fingerprint density at radius 3 is 2.90 bits per heavy atom. The molecule has 0 fully saturated rings. The van der Waals surface area contributed by atoms with Gasteiger partial charge in [0.15, 0.2) is 0 Å². The van der Waals surface area contributed by atoms with Gasteiger partial charge in [0, 0.05) is 37.8 Å². The van der Waals surface area contributed by atoms with E-state index in [0.29, 0.717) is 6.54 Å². The van der Waals surface area contributed by atoms with Crippen LogP contribution in [0.25, 0.3) is 6.08 Å². The van der Waals surface area contributed by atoms with Crippen molar-refractivity contribution >= 4 is 29.0 Å². The van der Waals surface area contributed by atoms with Crippen LogP contribution in [0.1, 0.15) is 16.3 Å². The number of hydrogen-bond acceptors (Lipinski definition) is 4. The minimum atomic E-state index is -0.115. The van der Waals surface area contributed by atoms with E-state index < -0.39 is 0 Å². The van der Waals surface area contributed by atoms with E-state index in [4.69, 9.17) is 0 Å². The molecule has 0 bridgehead atoms. The zero-order valence-corrected chi connectivity index (χ0v) is 13.3. The molecule has 0 atom stereocenters. The molecular weight excluding hydrogens is 282 g/mol. The van der Waals surface area contributed by atoms with E-state index in [-0.39, 0.29) is 5.91 Å². The molecule has 1 aromatic carbocycles. The highest BCUT2D eigenvalue weighted by Crippen LogP contribution is 2.13. The molecule has 110 valence electrons. The van der Waals surface area contributed by atoms with Crippen molar-refractivity contribution in [1.29, 1.82) is 0 Å². The predicted molar refractivity (Wildman–Crippen MR) is 88.5 cm³/mol. The number of anilines is 1. The van der Waals surface area contributed by atoms with Gasteiger partial charge in [0.25, 0.3) is 0 Å². The summed E-state index contributed by atoms with van der Waals surface area (Å²) in [5, 5.41) is 5.80. The molecule has 1 heterocycles. The maximum atomic E-state index is 11.8. The molecule has 5 heteroatoms. The van der Waals surface area contributed by atoms with Gasteiger partial charge in [-0.25, -0.2) is 4.98 Å². The summed E-state index contributed by atoms with van der Waals surface area (Å²) in [6.07, 6.45) is 3.25. The maximum Gasteiger partial charge on any atom is 0.244 e. The highest BCUT2D eigenvalue weighted by atomic mass is 32.1. The largest absolute Gasteiger partial charge is 0.378 e. The van der Waals surface area contributed by atoms with Gasteiger partial charge in [-0.3, -0.25) is 4.79 Å². The normalized spacial score (nSPS) is 10.8. The standard InChI is InChI=1S/C16H19N3OS/c1-12-18-14(11-21-12)7-8-16(20)17-10-13-5-4-6-15(9-13)19(2)3/h4-9,11H,10H2,1-3H3,(H,17,20). The molecule has 0 radical (unpaired) electrons. The fourth-order valence-corrected chi connectivity index (χ4v) is 2.39. The van der Waals surface area contributed by atoms with Crippen LogP contribution in [0.2, 0.25) is 0 Å². The van der Waals surface area contributed by atoms with Gasteiger partial charge in [-0.1, -0.05) is 12.1 Å². The van der Waals surface area contributed by atoms with Gasteiger partial charge < -0.3 is 10.2 Å². The van der Waals surface area contributed by atoms with Crippen molar-refractivity contribution in [2.45, 2.75) is 13.5 Å². The number of thiazole rings is 1. The molecule has 2 aromatic rings. The molecule has 0 saturated carbocycles. The van der Waals surface area contributed by atoms with Gasteiger partial charge in [-0.15, -0.1) is 11.3 Å². The van der Waals surface area contributed by atoms with Crippen molar-refractivity contribution in [3.8, 4) is 0 Å². The quantitative estimate of drug-likeness (QED) is 0.864. The van der Waals surface area contributed by atoms with Gasteiger partial charge in [-0.2, -0.15) is 0 Å². The maximum absolute atomic E-state index is 11.8. The van der Waals surface area contributed by atoms with Gasteiger partial charge in [0.05, 0.1) is 10.7 Å². The molecule has 1 amide bonds. The Labute approximate surface area is 129 Å².